The van der Waals surface area contributed by atoms with Gasteiger partial charge in [0.05, 0.1) is 5.75 Å². The van der Waals surface area contributed by atoms with Crippen LogP contribution < -0.4 is 5.32 Å². The van der Waals surface area contributed by atoms with E-state index in [1.807, 2.05) is 38.1 Å². The molecule has 4 nitrogen and oxygen atoms in total. The first-order valence-corrected chi connectivity index (χ1v) is 9.14. The average Bonchev–Trinajstić information content (AvgIpc) is 2.44. The van der Waals surface area contributed by atoms with E-state index in [-0.39, 0.29) is 11.8 Å². The van der Waals surface area contributed by atoms with Crippen molar-refractivity contribution in [3.05, 3.63) is 35.4 Å². The normalized spacial score (nSPS) is 13.9. The summed E-state index contributed by atoms with van der Waals surface area (Å²) in [4.78, 5) is 0. The SMILES string of the molecule is CCC(C)N(C)S(=O)(=O)Cc1ccc(CNC(C)C)cc1. The number of benzene rings is 1. The third-order valence-corrected chi connectivity index (χ3v) is 5.67. The summed E-state index contributed by atoms with van der Waals surface area (Å²) in [6, 6.07) is 8.25. The van der Waals surface area contributed by atoms with E-state index in [0.717, 1.165) is 18.5 Å². The molecule has 0 bridgehead atoms. The Morgan fingerprint density at radius 2 is 1.62 bits per heavy atom. The maximum atomic E-state index is 12.3. The van der Waals surface area contributed by atoms with Gasteiger partial charge < -0.3 is 5.32 Å². The van der Waals surface area contributed by atoms with Gasteiger partial charge >= 0.3 is 0 Å². The van der Waals surface area contributed by atoms with Gasteiger partial charge in [0.15, 0.2) is 0 Å². The molecule has 0 saturated carbocycles. The molecule has 21 heavy (non-hydrogen) atoms. The van der Waals surface area contributed by atoms with E-state index in [0.29, 0.717) is 6.04 Å². The van der Waals surface area contributed by atoms with Crippen LogP contribution >= 0.6 is 0 Å². The number of nitrogens with zero attached hydrogens (tertiary/aromatic N) is 1. The van der Waals surface area contributed by atoms with Gasteiger partial charge in [-0.2, -0.15) is 0 Å². The summed E-state index contributed by atoms with van der Waals surface area (Å²) < 4.78 is 26.1. The van der Waals surface area contributed by atoms with E-state index >= 15 is 0 Å². The second-order valence-corrected chi connectivity index (χ2v) is 7.91. The van der Waals surface area contributed by atoms with Crippen LogP contribution in [0.15, 0.2) is 24.3 Å². The predicted octanol–water partition coefficient (Wildman–Crippen LogP) is 2.74. The van der Waals surface area contributed by atoms with Crippen LogP contribution in [0.1, 0.15) is 45.2 Å². The standard InChI is InChI=1S/C16H28N2O2S/c1-6-14(4)18(5)21(19,20)12-16-9-7-15(8-10-16)11-17-13(2)3/h7-10,13-14,17H,6,11-12H2,1-5H3. The fraction of sp³-hybridized carbons (Fsp3) is 0.625. The first-order valence-electron chi connectivity index (χ1n) is 7.53. The van der Waals surface area contributed by atoms with Crippen LogP contribution in [0.25, 0.3) is 0 Å². The maximum Gasteiger partial charge on any atom is 0.218 e. The highest BCUT2D eigenvalue weighted by molar-refractivity contribution is 7.88. The molecule has 0 fully saturated rings. The highest BCUT2D eigenvalue weighted by Crippen LogP contribution is 2.14. The molecule has 5 heteroatoms. The molecule has 0 amide bonds. The second kappa shape index (κ2) is 7.92. The summed E-state index contributed by atoms with van der Waals surface area (Å²) in [6.07, 6.45) is 0.815. The van der Waals surface area contributed by atoms with Crippen molar-refractivity contribution in [3.63, 3.8) is 0 Å². The second-order valence-electron chi connectivity index (χ2n) is 5.88. The van der Waals surface area contributed by atoms with E-state index in [4.69, 9.17) is 0 Å². The highest BCUT2D eigenvalue weighted by atomic mass is 32.2. The quantitative estimate of drug-likeness (QED) is 0.803. The smallest absolute Gasteiger partial charge is 0.218 e. The van der Waals surface area contributed by atoms with E-state index in [2.05, 4.69) is 19.2 Å². The molecule has 0 aliphatic carbocycles. The molecule has 1 rings (SSSR count). The molecule has 1 N–H and O–H groups in total. The Kier molecular flexibility index (Phi) is 6.84. The van der Waals surface area contributed by atoms with Gasteiger partial charge in [-0.15, -0.1) is 0 Å². The van der Waals surface area contributed by atoms with Crippen molar-refractivity contribution in [2.75, 3.05) is 7.05 Å². The van der Waals surface area contributed by atoms with Gasteiger partial charge in [-0.05, 0) is 24.5 Å². The molecular weight excluding hydrogens is 284 g/mol. The Morgan fingerprint density at radius 3 is 2.10 bits per heavy atom. The van der Waals surface area contributed by atoms with Crippen molar-refractivity contribution in [1.82, 2.24) is 9.62 Å². The first-order chi connectivity index (χ1) is 9.76. The van der Waals surface area contributed by atoms with E-state index < -0.39 is 10.0 Å². The molecule has 0 radical (unpaired) electrons. The van der Waals surface area contributed by atoms with Crippen molar-refractivity contribution in [2.45, 2.75) is 58.5 Å². The molecule has 0 heterocycles. The summed E-state index contributed by atoms with van der Waals surface area (Å²) in [7, 11) is -1.59. The Bertz CT molecular complexity index is 524. The average molecular weight is 312 g/mol. The first kappa shape index (κ1) is 18.1. The number of hydrogen-bond donors (Lipinski definition) is 1. The summed E-state index contributed by atoms with van der Waals surface area (Å²) in [5.41, 5.74) is 2.00. The molecule has 0 spiro atoms. The van der Waals surface area contributed by atoms with Gasteiger partial charge in [0.1, 0.15) is 0 Å². The summed E-state index contributed by atoms with van der Waals surface area (Å²) in [5.74, 6) is 0.0612. The number of sulfonamides is 1. The summed E-state index contributed by atoms with van der Waals surface area (Å²) in [6.45, 7) is 8.93. The van der Waals surface area contributed by atoms with Crippen molar-refractivity contribution in [3.8, 4) is 0 Å². The van der Waals surface area contributed by atoms with Crippen molar-refractivity contribution in [1.29, 1.82) is 0 Å². The lowest BCUT2D eigenvalue weighted by molar-refractivity contribution is 0.380. The molecule has 1 aromatic rings. The van der Waals surface area contributed by atoms with Gasteiger partial charge in [-0.25, -0.2) is 12.7 Å². The molecule has 0 aliphatic heterocycles. The Labute approximate surface area is 129 Å². The Hall–Kier alpha value is -0.910. The molecule has 1 aromatic carbocycles. The van der Waals surface area contributed by atoms with Gasteiger partial charge in [-0.3, -0.25) is 0 Å². The van der Waals surface area contributed by atoms with Crippen LogP contribution in [0.2, 0.25) is 0 Å². The largest absolute Gasteiger partial charge is 0.310 e. The van der Waals surface area contributed by atoms with E-state index in [9.17, 15) is 8.42 Å². The molecular formula is C16H28N2O2S. The van der Waals surface area contributed by atoms with Crippen LogP contribution in [-0.4, -0.2) is 31.9 Å². The molecule has 0 saturated heterocycles. The molecule has 120 valence electrons. The minimum atomic E-state index is -3.25. The highest BCUT2D eigenvalue weighted by Gasteiger charge is 2.22. The van der Waals surface area contributed by atoms with Crippen molar-refractivity contribution < 1.29 is 8.42 Å². The van der Waals surface area contributed by atoms with Gasteiger partial charge in [-0.1, -0.05) is 45.0 Å². The van der Waals surface area contributed by atoms with Crippen LogP contribution in [-0.2, 0) is 22.3 Å². The monoisotopic (exact) mass is 312 g/mol. The minimum Gasteiger partial charge on any atom is -0.310 e. The van der Waals surface area contributed by atoms with Crippen LogP contribution in [0.3, 0.4) is 0 Å². The van der Waals surface area contributed by atoms with E-state index in [1.54, 1.807) is 7.05 Å². The maximum absolute atomic E-state index is 12.3. The van der Waals surface area contributed by atoms with Crippen LogP contribution in [0, 0.1) is 0 Å². The predicted molar refractivity (Wildman–Crippen MR) is 88.6 cm³/mol. The lowest BCUT2D eigenvalue weighted by Crippen LogP contribution is -2.35. The fourth-order valence-electron chi connectivity index (χ4n) is 1.92. The zero-order valence-electron chi connectivity index (χ0n) is 13.8. The Balaban J connectivity index is 2.71. The molecule has 0 aliphatic rings. The van der Waals surface area contributed by atoms with Crippen LogP contribution in [0.5, 0.6) is 0 Å². The number of hydrogen-bond acceptors (Lipinski definition) is 3. The summed E-state index contributed by atoms with van der Waals surface area (Å²) in [5, 5.41) is 3.34. The van der Waals surface area contributed by atoms with Crippen molar-refractivity contribution >= 4 is 10.0 Å². The van der Waals surface area contributed by atoms with Gasteiger partial charge in [0.2, 0.25) is 10.0 Å². The van der Waals surface area contributed by atoms with E-state index in [1.165, 1.54) is 9.87 Å². The van der Waals surface area contributed by atoms with Crippen molar-refractivity contribution in [2.24, 2.45) is 0 Å². The fourth-order valence-corrected chi connectivity index (χ4v) is 3.43. The number of nitrogens with one attached hydrogen (secondary N) is 1. The van der Waals surface area contributed by atoms with Crippen LogP contribution in [0.4, 0.5) is 0 Å². The minimum absolute atomic E-state index is 0.0320. The third kappa shape index (κ3) is 5.77. The molecule has 0 aromatic heterocycles. The molecule has 1 atom stereocenters. The number of rotatable bonds is 8. The van der Waals surface area contributed by atoms with Gasteiger partial charge in [0.25, 0.3) is 0 Å². The zero-order valence-corrected chi connectivity index (χ0v) is 14.6. The molecule has 1 unspecified atom stereocenters. The third-order valence-electron chi connectivity index (χ3n) is 3.74. The lowest BCUT2D eigenvalue weighted by atomic mass is 10.1. The van der Waals surface area contributed by atoms with Gasteiger partial charge in [0, 0.05) is 25.7 Å². The topological polar surface area (TPSA) is 49.4 Å². The summed E-state index contributed by atoms with van der Waals surface area (Å²) >= 11 is 0. The Morgan fingerprint density at radius 1 is 1.10 bits per heavy atom. The zero-order chi connectivity index (χ0) is 16.0. The lowest BCUT2D eigenvalue weighted by Gasteiger charge is -2.23.